The number of aryl methyl sites for hydroxylation is 1. The molecule has 2 heterocycles. The minimum Gasteiger partial charge on any atom is -0.342 e. The Hall–Kier alpha value is -2.12. The summed E-state index contributed by atoms with van der Waals surface area (Å²) in [6, 6.07) is -0.0768. The number of amides is 3. The van der Waals surface area contributed by atoms with E-state index in [2.05, 4.69) is 20.7 Å². The predicted octanol–water partition coefficient (Wildman–Crippen LogP) is 1.94. The normalized spacial score (nSPS) is 18.5. The van der Waals surface area contributed by atoms with Crippen molar-refractivity contribution in [2.24, 2.45) is 11.8 Å². The summed E-state index contributed by atoms with van der Waals surface area (Å²) in [5.74, 6) is 2.14. The van der Waals surface area contributed by atoms with Crippen LogP contribution in [-0.4, -0.2) is 51.2 Å². The Morgan fingerprint density at radius 2 is 1.88 bits per heavy atom. The summed E-state index contributed by atoms with van der Waals surface area (Å²) in [4.78, 5) is 30.3. The van der Waals surface area contributed by atoms with Gasteiger partial charge in [-0.05, 0) is 52.4 Å². The highest BCUT2D eigenvalue weighted by Gasteiger charge is 2.34. The van der Waals surface area contributed by atoms with Crippen LogP contribution in [0.1, 0.15) is 51.4 Å². The summed E-state index contributed by atoms with van der Waals surface area (Å²) in [5, 5.41) is 9.87. The number of urea groups is 1. The molecular weight excluding hydrogens is 320 g/mol. The molecule has 1 aromatic heterocycles. The number of hydrogen-bond acceptors (Lipinski definition) is 4. The third-order valence-electron chi connectivity index (χ3n) is 4.92. The smallest absolute Gasteiger partial charge is 0.321 e. The highest BCUT2D eigenvalue weighted by Crippen LogP contribution is 2.32. The molecule has 3 amide bonds. The van der Waals surface area contributed by atoms with Crippen molar-refractivity contribution in [1.82, 2.24) is 25.0 Å². The van der Waals surface area contributed by atoms with Crippen LogP contribution in [0.3, 0.4) is 0 Å². The predicted molar refractivity (Wildman–Crippen MR) is 94.2 cm³/mol. The second kappa shape index (κ2) is 7.41. The molecule has 1 aromatic rings. The largest absolute Gasteiger partial charge is 0.342 e. The van der Waals surface area contributed by atoms with E-state index in [0.29, 0.717) is 30.2 Å². The number of hydrogen-bond donors (Lipinski definition) is 2. The van der Waals surface area contributed by atoms with Gasteiger partial charge in [-0.3, -0.25) is 10.1 Å². The second-order valence-electron chi connectivity index (χ2n) is 7.40. The van der Waals surface area contributed by atoms with Crippen LogP contribution in [-0.2, 0) is 4.79 Å². The molecule has 2 fully saturated rings. The highest BCUT2D eigenvalue weighted by atomic mass is 16.2. The topological polar surface area (TPSA) is 92.2 Å². The summed E-state index contributed by atoms with van der Waals surface area (Å²) in [6.45, 7) is 8.14. The van der Waals surface area contributed by atoms with E-state index in [1.165, 1.54) is 0 Å². The van der Waals surface area contributed by atoms with Gasteiger partial charge in [0, 0.05) is 31.6 Å². The standard InChI is InChI=1S/C17H28N6O2/c1-11(2)23-12(3)19-16(21-23)20-17(25)18-10-13-6-8-22(9-7-13)15(24)14-4-5-14/h11,13-14H,4-10H2,1-3H3,(H2,18,20,21,25). The van der Waals surface area contributed by atoms with Gasteiger partial charge < -0.3 is 10.2 Å². The summed E-state index contributed by atoms with van der Waals surface area (Å²) >= 11 is 0. The number of nitrogens with zero attached hydrogens (tertiary/aromatic N) is 4. The number of carbonyl (C=O) groups is 2. The van der Waals surface area contributed by atoms with Crippen molar-refractivity contribution in [3.63, 3.8) is 0 Å². The summed E-state index contributed by atoms with van der Waals surface area (Å²) < 4.78 is 1.78. The van der Waals surface area contributed by atoms with Gasteiger partial charge in [0.05, 0.1) is 0 Å². The van der Waals surface area contributed by atoms with Gasteiger partial charge >= 0.3 is 6.03 Å². The van der Waals surface area contributed by atoms with Crippen molar-refractivity contribution in [3.8, 4) is 0 Å². The molecule has 1 saturated carbocycles. The number of piperidine rings is 1. The molecule has 25 heavy (non-hydrogen) atoms. The molecule has 138 valence electrons. The zero-order valence-corrected chi connectivity index (χ0v) is 15.3. The highest BCUT2D eigenvalue weighted by molar-refractivity contribution is 5.87. The van der Waals surface area contributed by atoms with Gasteiger partial charge in [0.25, 0.3) is 0 Å². The van der Waals surface area contributed by atoms with Crippen molar-refractivity contribution in [2.45, 2.75) is 52.5 Å². The Labute approximate surface area is 148 Å². The molecule has 0 atom stereocenters. The molecule has 2 N–H and O–H groups in total. The Balaban J connectivity index is 1.39. The van der Waals surface area contributed by atoms with Gasteiger partial charge in [0.15, 0.2) is 0 Å². The number of anilines is 1. The third kappa shape index (κ3) is 4.49. The Morgan fingerprint density at radius 1 is 1.20 bits per heavy atom. The average molecular weight is 348 g/mol. The Bertz CT molecular complexity index is 629. The lowest BCUT2D eigenvalue weighted by atomic mass is 9.96. The van der Waals surface area contributed by atoms with E-state index in [1.807, 2.05) is 25.7 Å². The van der Waals surface area contributed by atoms with Gasteiger partial charge in [0.1, 0.15) is 5.82 Å². The lowest BCUT2D eigenvalue weighted by Gasteiger charge is -2.32. The number of rotatable bonds is 5. The molecule has 0 unspecified atom stereocenters. The van der Waals surface area contributed by atoms with E-state index >= 15 is 0 Å². The summed E-state index contributed by atoms with van der Waals surface area (Å²) in [5.41, 5.74) is 0. The first-order valence-electron chi connectivity index (χ1n) is 9.21. The number of aromatic nitrogens is 3. The SMILES string of the molecule is Cc1nc(NC(=O)NCC2CCN(C(=O)C3CC3)CC2)nn1C(C)C. The first-order chi connectivity index (χ1) is 11.9. The van der Waals surface area contributed by atoms with E-state index in [9.17, 15) is 9.59 Å². The summed E-state index contributed by atoms with van der Waals surface area (Å²) in [7, 11) is 0. The van der Waals surface area contributed by atoms with E-state index < -0.39 is 0 Å². The van der Waals surface area contributed by atoms with Gasteiger partial charge in [-0.1, -0.05) is 0 Å². The van der Waals surface area contributed by atoms with E-state index in [4.69, 9.17) is 0 Å². The molecule has 1 aliphatic carbocycles. The molecular formula is C17H28N6O2. The lowest BCUT2D eigenvalue weighted by Crippen LogP contribution is -2.42. The lowest BCUT2D eigenvalue weighted by molar-refractivity contribution is -0.133. The zero-order chi connectivity index (χ0) is 18.0. The molecule has 0 bridgehead atoms. The van der Waals surface area contributed by atoms with Gasteiger partial charge in [-0.15, -0.1) is 5.10 Å². The summed E-state index contributed by atoms with van der Waals surface area (Å²) in [6.07, 6.45) is 4.00. The molecule has 0 aromatic carbocycles. The molecule has 8 nitrogen and oxygen atoms in total. The monoisotopic (exact) mass is 348 g/mol. The van der Waals surface area contributed by atoms with Gasteiger partial charge in [-0.25, -0.2) is 9.48 Å². The minimum absolute atomic E-state index is 0.203. The first-order valence-corrected chi connectivity index (χ1v) is 9.21. The second-order valence-corrected chi connectivity index (χ2v) is 7.40. The van der Waals surface area contributed by atoms with Crippen LogP contribution < -0.4 is 10.6 Å². The van der Waals surface area contributed by atoms with Crippen molar-refractivity contribution in [1.29, 1.82) is 0 Å². The molecule has 0 radical (unpaired) electrons. The van der Waals surface area contributed by atoms with Gasteiger partial charge in [-0.2, -0.15) is 4.98 Å². The van der Waals surface area contributed by atoms with Crippen LogP contribution in [0.25, 0.3) is 0 Å². The van der Waals surface area contributed by atoms with Gasteiger partial charge in [0.2, 0.25) is 11.9 Å². The molecule has 0 spiro atoms. The van der Waals surface area contributed by atoms with Crippen molar-refractivity contribution in [2.75, 3.05) is 25.0 Å². The van der Waals surface area contributed by atoms with Crippen LogP contribution in [0.4, 0.5) is 10.7 Å². The fourth-order valence-corrected chi connectivity index (χ4v) is 3.27. The third-order valence-corrected chi connectivity index (χ3v) is 4.92. The van der Waals surface area contributed by atoms with Crippen LogP contribution in [0.2, 0.25) is 0 Å². The molecule has 3 rings (SSSR count). The Kier molecular flexibility index (Phi) is 5.24. The maximum atomic E-state index is 12.0. The fraction of sp³-hybridized carbons (Fsp3) is 0.765. The van der Waals surface area contributed by atoms with Crippen LogP contribution >= 0.6 is 0 Å². The van der Waals surface area contributed by atoms with E-state index in [0.717, 1.165) is 44.6 Å². The molecule has 2 aliphatic rings. The van der Waals surface area contributed by atoms with Crippen molar-refractivity contribution in [3.05, 3.63) is 5.82 Å². The first kappa shape index (κ1) is 17.7. The van der Waals surface area contributed by atoms with E-state index in [1.54, 1.807) is 4.68 Å². The molecule has 1 aliphatic heterocycles. The number of carbonyl (C=O) groups excluding carboxylic acids is 2. The molecule has 1 saturated heterocycles. The fourth-order valence-electron chi connectivity index (χ4n) is 3.27. The number of nitrogens with one attached hydrogen (secondary N) is 2. The quantitative estimate of drug-likeness (QED) is 0.850. The van der Waals surface area contributed by atoms with Crippen LogP contribution in [0, 0.1) is 18.8 Å². The maximum absolute atomic E-state index is 12.0. The molecule has 8 heteroatoms. The van der Waals surface area contributed by atoms with E-state index in [-0.39, 0.29) is 12.1 Å². The van der Waals surface area contributed by atoms with Crippen molar-refractivity contribution >= 4 is 17.9 Å². The van der Waals surface area contributed by atoms with Crippen molar-refractivity contribution < 1.29 is 9.59 Å². The van der Waals surface area contributed by atoms with Crippen LogP contribution in [0.15, 0.2) is 0 Å². The Morgan fingerprint density at radius 3 is 2.44 bits per heavy atom. The maximum Gasteiger partial charge on any atom is 0.321 e. The number of likely N-dealkylation sites (tertiary alicyclic amines) is 1. The minimum atomic E-state index is -0.280. The van der Waals surface area contributed by atoms with Crippen LogP contribution in [0.5, 0.6) is 0 Å². The zero-order valence-electron chi connectivity index (χ0n) is 15.3. The average Bonchev–Trinajstić information content (AvgIpc) is 3.36.